The molecule has 0 saturated carbocycles. The molecule has 3 rings (SSSR count). The predicted octanol–water partition coefficient (Wildman–Crippen LogP) is 3.97. The van der Waals surface area contributed by atoms with Crippen LogP contribution in [0.3, 0.4) is 0 Å². The van der Waals surface area contributed by atoms with Gasteiger partial charge < -0.3 is 15.4 Å². The van der Waals surface area contributed by atoms with Crippen molar-refractivity contribution in [2.75, 3.05) is 10.6 Å². The summed E-state index contributed by atoms with van der Waals surface area (Å²) in [5.74, 6) is 0.942. The lowest BCUT2D eigenvalue weighted by molar-refractivity contribution is 0.217. The maximum absolute atomic E-state index is 5.91. The number of rotatable bonds is 4. The summed E-state index contributed by atoms with van der Waals surface area (Å²) in [6, 6.07) is 14.5. The van der Waals surface area contributed by atoms with Gasteiger partial charge in [-0.3, -0.25) is 0 Å². The Hall–Kier alpha value is -2.16. The van der Waals surface area contributed by atoms with Gasteiger partial charge in [0.2, 0.25) is 0 Å². The first-order chi connectivity index (χ1) is 10.2. The number of nitrogens with two attached hydrogens (primary N) is 1. The molecule has 2 aromatic carbocycles. The minimum Gasteiger partial charge on any atom is -0.491 e. The number of fused-ring (bicyclic) bond motifs is 1. The molecule has 0 fully saturated rings. The molecule has 21 heavy (non-hydrogen) atoms. The Morgan fingerprint density at radius 3 is 2.76 bits per heavy atom. The second-order valence-electron chi connectivity index (χ2n) is 5.72. The summed E-state index contributed by atoms with van der Waals surface area (Å²) in [6.45, 7) is 6.08. The van der Waals surface area contributed by atoms with Crippen molar-refractivity contribution in [3.63, 3.8) is 0 Å². The maximum atomic E-state index is 5.91. The van der Waals surface area contributed by atoms with E-state index in [9.17, 15) is 0 Å². The van der Waals surface area contributed by atoms with Gasteiger partial charge in [0.05, 0.1) is 6.10 Å². The summed E-state index contributed by atoms with van der Waals surface area (Å²) in [6.07, 6.45) is 1.26. The van der Waals surface area contributed by atoms with E-state index in [1.54, 1.807) is 0 Å². The molecule has 0 radical (unpaired) electrons. The van der Waals surface area contributed by atoms with Crippen LogP contribution in [0.2, 0.25) is 0 Å². The van der Waals surface area contributed by atoms with Gasteiger partial charge in [-0.25, -0.2) is 0 Å². The van der Waals surface area contributed by atoms with E-state index >= 15 is 0 Å². The fraction of sp³-hybridized carbons (Fsp3) is 0.333. The first-order valence-electron chi connectivity index (χ1n) is 7.54. The fourth-order valence-corrected chi connectivity index (χ4v) is 2.67. The van der Waals surface area contributed by atoms with Crippen molar-refractivity contribution < 1.29 is 4.74 Å². The van der Waals surface area contributed by atoms with Crippen LogP contribution >= 0.6 is 0 Å². The molecule has 0 bridgehead atoms. The van der Waals surface area contributed by atoms with Gasteiger partial charge in [0.25, 0.3) is 0 Å². The van der Waals surface area contributed by atoms with Crippen LogP contribution in [0.5, 0.6) is 5.75 Å². The van der Waals surface area contributed by atoms with Gasteiger partial charge >= 0.3 is 0 Å². The molecule has 0 spiro atoms. The average molecular weight is 282 g/mol. The zero-order chi connectivity index (χ0) is 14.8. The summed E-state index contributed by atoms with van der Waals surface area (Å²) >= 11 is 0. The van der Waals surface area contributed by atoms with E-state index in [-0.39, 0.29) is 6.10 Å². The van der Waals surface area contributed by atoms with Gasteiger partial charge in [-0.05, 0) is 48.7 Å². The molecule has 1 atom stereocenters. The van der Waals surface area contributed by atoms with E-state index in [2.05, 4.69) is 49.1 Å². The molecule has 1 aliphatic rings. The van der Waals surface area contributed by atoms with Crippen LogP contribution in [0.4, 0.5) is 11.4 Å². The fourth-order valence-electron chi connectivity index (χ4n) is 2.67. The predicted molar refractivity (Wildman–Crippen MR) is 87.6 cm³/mol. The van der Waals surface area contributed by atoms with Crippen molar-refractivity contribution in [3.8, 4) is 5.75 Å². The highest BCUT2D eigenvalue weighted by molar-refractivity contribution is 5.57. The molecule has 1 unspecified atom stereocenters. The van der Waals surface area contributed by atoms with E-state index in [1.807, 2.05) is 12.1 Å². The maximum Gasteiger partial charge on any atom is 0.121 e. The van der Waals surface area contributed by atoms with E-state index in [0.29, 0.717) is 0 Å². The van der Waals surface area contributed by atoms with Gasteiger partial charge in [-0.15, -0.1) is 0 Å². The van der Waals surface area contributed by atoms with Crippen molar-refractivity contribution in [1.29, 1.82) is 0 Å². The first-order valence-corrected chi connectivity index (χ1v) is 7.54. The van der Waals surface area contributed by atoms with Gasteiger partial charge in [-0.1, -0.05) is 19.1 Å². The smallest absolute Gasteiger partial charge is 0.121 e. The summed E-state index contributed by atoms with van der Waals surface area (Å²) in [4.78, 5) is 2.35. The van der Waals surface area contributed by atoms with Crippen molar-refractivity contribution >= 4 is 11.4 Å². The molecule has 0 saturated heterocycles. The molecular weight excluding hydrogens is 260 g/mol. The first kappa shape index (κ1) is 13.8. The third-order valence-corrected chi connectivity index (χ3v) is 4.05. The number of hydrogen-bond acceptors (Lipinski definition) is 3. The van der Waals surface area contributed by atoms with Crippen molar-refractivity contribution in [1.82, 2.24) is 0 Å². The molecule has 3 nitrogen and oxygen atoms in total. The highest BCUT2D eigenvalue weighted by Crippen LogP contribution is 2.31. The van der Waals surface area contributed by atoms with Crippen LogP contribution in [0, 0.1) is 0 Å². The number of ether oxygens (including phenoxy) is 1. The highest BCUT2D eigenvalue weighted by Gasteiger charge is 2.19. The molecule has 110 valence electrons. The van der Waals surface area contributed by atoms with Gasteiger partial charge in [0, 0.05) is 30.5 Å². The second-order valence-corrected chi connectivity index (χ2v) is 5.72. The SMILES string of the molecule is CCC(C)Oc1cccc(N2Cc3ccc(N)cc3C2)c1. The van der Waals surface area contributed by atoms with Crippen LogP contribution in [0.25, 0.3) is 0 Å². The van der Waals surface area contributed by atoms with Gasteiger partial charge in [0.15, 0.2) is 0 Å². The Morgan fingerprint density at radius 1 is 1.14 bits per heavy atom. The largest absolute Gasteiger partial charge is 0.491 e. The van der Waals surface area contributed by atoms with Crippen LogP contribution in [-0.4, -0.2) is 6.10 Å². The quantitative estimate of drug-likeness (QED) is 0.862. The topological polar surface area (TPSA) is 38.5 Å². The Morgan fingerprint density at radius 2 is 1.95 bits per heavy atom. The van der Waals surface area contributed by atoms with E-state index in [4.69, 9.17) is 10.5 Å². The molecule has 3 heteroatoms. The molecule has 1 heterocycles. The van der Waals surface area contributed by atoms with E-state index < -0.39 is 0 Å². The summed E-state index contributed by atoms with van der Waals surface area (Å²) in [7, 11) is 0. The molecule has 0 aromatic heterocycles. The van der Waals surface area contributed by atoms with Gasteiger partial charge in [0.1, 0.15) is 5.75 Å². The number of nitrogens with zero attached hydrogens (tertiary/aromatic N) is 1. The number of benzene rings is 2. The lowest BCUT2D eigenvalue weighted by atomic mass is 10.1. The summed E-state index contributed by atoms with van der Waals surface area (Å²) in [5, 5.41) is 0. The van der Waals surface area contributed by atoms with Gasteiger partial charge in [-0.2, -0.15) is 0 Å². The van der Waals surface area contributed by atoms with Crippen molar-refractivity contribution in [2.24, 2.45) is 0 Å². The Balaban J connectivity index is 1.78. The lowest BCUT2D eigenvalue weighted by Crippen LogP contribution is -2.15. The van der Waals surface area contributed by atoms with E-state index in [0.717, 1.165) is 30.9 Å². The number of nitrogen functional groups attached to an aromatic ring is 1. The molecule has 0 amide bonds. The van der Waals surface area contributed by atoms with Crippen molar-refractivity contribution in [3.05, 3.63) is 53.6 Å². The van der Waals surface area contributed by atoms with Crippen LogP contribution in [0.1, 0.15) is 31.4 Å². The Bertz CT molecular complexity index is 639. The molecule has 1 aliphatic heterocycles. The van der Waals surface area contributed by atoms with Crippen molar-refractivity contribution in [2.45, 2.75) is 39.5 Å². The standard InChI is InChI=1S/C18H22N2O/c1-3-13(2)21-18-6-4-5-17(10-18)20-11-14-7-8-16(19)9-15(14)12-20/h4-10,13H,3,11-12,19H2,1-2H3. The van der Waals surface area contributed by atoms with Crippen LogP contribution < -0.4 is 15.4 Å². The molecule has 2 aromatic rings. The number of hydrogen-bond donors (Lipinski definition) is 1. The molecule has 2 N–H and O–H groups in total. The molecular formula is C18H22N2O. The normalized spacial score (nSPS) is 14.9. The van der Waals surface area contributed by atoms with E-state index in [1.165, 1.54) is 16.8 Å². The van der Waals surface area contributed by atoms with Crippen LogP contribution in [0.15, 0.2) is 42.5 Å². The summed E-state index contributed by atoms with van der Waals surface area (Å²) in [5.41, 5.74) is 10.6. The average Bonchev–Trinajstić information content (AvgIpc) is 2.90. The monoisotopic (exact) mass is 282 g/mol. The zero-order valence-electron chi connectivity index (χ0n) is 12.7. The summed E-state index contributed by atoms with van der Waals surface area (Å²) < 4.78 is 5.91. The second kappa shape index (κ2) is 5.68. The van der Waals surface area contributed by atoms with Crippen LogP contribution in [-0.2, 0) is 13.1 Å². The highest BCUT2D eigenvalue weighted by atomic mass is 16.5. The lowest BCUT2D eigenvalue weighted by Gasteiger charge is -2.20. The zero-order valence-corrected chi connectivity index (χ0v) is 12.7. The minimum absolute atomic E-state index is 0.246. The third-order valence-electron chi connectivity index (χ3n) is 4.05. The Labute approximate surface area is 126 Å². The third kappa shape index (κ3) is 2.97. The Kier molecular flexibility index (Phi) is 3.74. The minimum atomic E-state index is 0.246. The number of anilines is 2. The molecule has 0 aliphatic carbocycles.